The molecule has 5 rings (SSSR count). The van der Waals surface area contributed by atoms with Gasteiger partial charge < -0.3 is 38.5 Å². The average Bonchev–Trinajstić information content (AvgIpc) is 3.34. The first-order valence-corrected chi connectivity index (χ1v) is 11.4. The summed E-state index contributed by atoms with van der Waals surface area (Å²) in [5.41, 5.74) is 2.84. The van der Waals surface area contributed by atoms with E-state index in [0.717, 1.165) is 28.3 Å². The van der Waals surface area contributed by atoms with Crippen LogP contribution in [-0.2, 0) is 0 Å². The summed E-state index contributed by atoms with van der Waals surface area (Å²) in [4.78, 5) is 0. The highest BCUT2D eigenvalue weighted by Crippen LogP contribution is 2.51. The largest absolute Gasteiger partial charge is 0.495 e. The lowest BCUT2D eigenvalue weighted by Gasteiger charge is -2.39. The molecule has 2 heterocycles. The number of ether oxygens (including phenoxy) is 7. The molecule has 8 nitrogen and oxygen atoms in total. The molecule has 2 aliphatic heterocycles. The minimum atomic E-state index is -0.358. The van der Waals surface area contributed by atoms with Crippen molar-refractivity contribution in [3.05, 3.63) is 59.7 Å². The first kappa shape index (κ1) is 22.8. The predicted octanol–water partition coefficient (Wildman–Crippen LogP) is 5.05. The summed E-state index contributed by atoms with van der Waals surface area (Å²) < 4.78 is 40.2. The van der Waals surface area contributed by atoms with Gasteiger partial charge in [0.1, 0.15) is 11.5 Å². The van der Waals surface area contributed by atoms with Crippen LogP contribution in [0.2, 0.25) is 0 Å². The molecule has 0 spiro atoms. The van der Waals surface area contributed by atoms with Gasteiger partial charge in [-0.1, -0.05) is 19.1 Å². The third-order valence-electron chi connectivity index (χ3n) is 6.55. The Morgan fingerprint density at radius 2 is 1.43 bits per heavy atom. The summed E-state index contributed by atoms with van der Waals surface area (Å²) in [5, 5.41) is 3.53. The number of para-hydroxylation sites is 2. The topological polar surface area (TPSA) is 76.6 Å². The fraction of sp³-hybridized carbons (Fsp3) is 0.333. The summed E-state index contributed by atoms with van der Waals surface area (Å²) in [7, 11) is 6.49. The Kier molecular flexibility index (Phi) is 6.11. The lowest BCUT2D eigenvalue weighted by molar-refractivity contribution is 0.134. The highest BCUT2D eigenvalue weighted by Gasteiger charge is 2.39. The molecule has 1 N–H and O–H groups in total. The summed E-state index contributed by atoms with van der Waals surface area (Å²) >= 11 is 0. The van der Waals surface area contributed by atoms with Crippen LogP contribution in [0.25, 0.3) is 0 Å². The Morgan fingerprint density at radius 1 is 0.771 bits per heavy atom. The zero-order valence-corrected chi connectivity index (χ0v) is 20.4. The second-order valence-electron chi connectivity index (χ2n) is 8.42. The van der Waals surface area contributed by atoms with Crippen molar-refractivity contribution in [3.63, 3.8) is 0 Å². The Bertz CT molecular complexity index is 1200. The molecule has 3 atom stereocenters. The molecule has 0 bridgehead atoms. The molecule has 3 aromatic carbocycles. The quantitative estimate of drug-likeness (QED) is 0.505. The van der Waals surface area contributed by atoms with Crippen LogP contribution < -0.4 is 38.5 Å². The summed E-state index contributed by atoms with van der Waals surface area (Å²) in [6, 6.07) is 15.7. The van der Waals surface area contributed by atoms with Gasteiger partial charge in [-0.3, -0.25) is 0 Å². The van der Waals surface area contributed by atoms with Crippen molar-refractivity contribution in [2.24, 2.45) is 5.92 Å². The number of benzene rings is 3. The molecule has 35 heavy (non-hydrogen) atoms. The van der Waals surface area contributed by atoms with Crippen LogP contribution in [0.5, 0.6) is 40.2 Å². The predicted molar refractivity (Wildman–Crippen MR) is 131 cm³/mol. The molecule has 0 saturated carbocycles. The number of rotatable bonds is 7. The van der Waals surface area contributed by atoms with Crippen molar-refractivity contribution in [2.45, 2.75) is 19.1 Å². The van der Waals surface area contributed by atoms with E-state index in [4.69, 9.17) is 33.2 Å². The molecule has 3 aromatic rings. The number of hydrogen-bond donors (Lipinski definition) is 1. The smallest absolute Gasteiger partial charge is 0.231 e. The highest BCUT2D eigenvalue weighted by atomic mass is 16.7. The van der Waals surface area contributed by atoms with Crippen molar-refractivity contribution in [1.29, 1.82) is 0 Å². The Hall–Kier alpha value is -3.94. The third-order valence-corrected chi connectivity index (χ3v) is 6.55. The zero-order chi connectivity index (χ0) is 24.5. The maximum Gasteiger partial charge on any atom is 0.231 e. The molecule has 2 aliphatic rings. The maximum atomic E-state index is 6.49. The highest BCUT2D eigenvalue weighted by molar-refractivity contribution is 5.61. The number of methoxy groups -OCH3 is 4. The summed E-state index contributed by atoms with van der Waals surface area (Å²) in [6.45, 7) is 2.33. The first-order chi connectivity index (χ1) is 17.1. The number of nitrogens with one attached hydrogen (secondary N) is 1. The Morgan fingerprint density at radius 3 is 2.09 bits per heavy atom. The van der Waals surface area contributed by atoms with Crippen molar-refractivity contribution in [2.75, 3.05) is 40.5 Å². The fourth-order valence-electron chi connectivity index (χ4n) is 4.83. The van der Waals surface area contributed by atoms with Gasteiger partial charge in [-0.2, -0.15) is 0 Å². The normalized spacial score (nSPS) is 19.9. The maximum absolute atomic E-state index is 6.49. The third kappa shape index (κ3) is 3.99. The van der Waals surface area contributed by atoms with Gasteiger partial charge in [0.05, 0.1) is 34.1 Å². The van der Waals surface area contributed by atoms with Crippen LogP contribution in [0, 0.1) is 5.92 Å². The first-order valence-electron chi connectivity index (χ1n) is 11.4. The van der Waals surface area contributed by atoms with Crippen LogP contribution in [0.4, 0.5) is 5.69 Å². The standard InChI is InChI=1S/C27H29NO7/c1-15-25(16-10-23(30-3)26(32-5)24(11-16)31-4)17-12-21-22(34-14-33-21)13-20(17)35-27(15)28-18-8-6-7-9-19(18)29-2/h6-13,15,25,27-28H,14H2,1-5H3/t15-,25-,27+/m1/s1. The number of fused-ring (bicyclic) bond motifs is 2. The van der Waals surface area contributed by atoms with E-state index in [1.165, 1.54) is 0 Å². The molecule has 184 valence electrons. The van der Waals surface area contributed by atoms with Crippen molar-refractivity contribution in [1.82, 2.24) is 0 Å². The molecular formula is C27H29NO7. The van der Waals surface area contributed by atoms with E-state index in [-0.39, 0.29) is 24.9 Å². The fourth-order valence-corrected chi connectivity index (χ4v) is 4.83. The van der Waals surface area contributed by atoms with E-state index in [9.17, 15) is 0 Å². The molecule has 0 saturated heterocycles. The van der Waals surface area contributed by atoms with E-state index >= 15 is 0 Å². The zero-order valence-electron chi connectivity index (χ0n) is 20.4. The van der Waals surface area contributed by atoms with Gasteiger partial charge >= 0.3 is 0 Å². The molecule has 0 amide bonds. The SMILES string of the molecule is COc1ccccc1N[C@H]1Oc2cc3c(cc2[C@@H](c2cc(OC)c(OC)c(OC)c2)[C@H]1C)OCO3. The molecule has 8 heteroatoms. The van der Waals surface area contributed by atoms with Gasteiger partial charge in [0.2, 0.25) is 12.5 Å². The molecule has 0 unspecified atom stereocenters. The van der Waals surface area contributed by atoms with Crippen molar-refractivity contribution in [3.8, 4) is 40.2 Å². The Labute approximate surface area is 204 Å². The second kappa shape index (κ2) is 9.37. The van der Waals surface area contributed by atoms with E-state index in [1.54, 1.807) is 28.4 Å². The molecule has 0 fully saturated rings. The van der Waals surface area contributed by atoms with Gasteiger partial charge in [-0.15, -0.1) is 0 Å². The lowest BCUT2D eigenvalue weighted by atomic mass is 9.78. The minimum absolute atomic E-state index is 0.00408. The lowest BCUT2D eigenvalue weighted by Crippen LogP contribution is -2.40. The van der Waals surface area contributed by atoms with E-state index in [0.29, 0.717) is 28.7 Å². The van der Waals surface area contributed by atoms with Gasteiger partial charge in [-0.25, -0.2) is 0 Å². The summed E-state index contributed by atoms with van der Waals surface area (Å²) in [5.74, 6) is 4.49. The number of anilines is 1. The van der Waals surface area contributed by atoms with Crippen molar-refractivity contribution < 1.29 is 33.2 Å². The van der Waals surface area contributed by atoms with E-state index < -0.39 is 0 Å². The Balaban J connectivity index is 1.63. The molecule has 0 aliphatic carbocycles. The number of hydrogen-bond acceptors (Lipinski definition) is 8. The van der Waals surface area contributed by atoms with Gasteiger partial charge in [0, 0.05) is 23.5 Å². The van der Waals surface area contributed by atoms with Gasteiger partial charge in [-0.05, 0) is 35.9 Å². The van der Waals surface area contributed by atoms with Crippen LogP contribution in [0.3, 0.4) is 0 Å². The monoisotopic (exact) mass is 479 g/mol. The van der Waals surface area contributed by atoms with E-state index in [1.807, 2.05) is 48.5 Å². The van der Waals surface area contributed by atoms with Crippen LogP contribution in [-0.4, -0.2) is 41.5 Å². The van der Waals surface area contributed by atoms with Crippen LogP contribution in [0.1, 0.15) is 24.0 Å². The molecule has 0 aromatic heterocycles. The van der Waals surface area contributed by atoms with Crippen LogP contribution >= 0.6 is 0 Å². The summed E-state index contributed by atoms with van der Waals surface area (Å²) in [6.07, 6.45) is -0.358. The van der Waals surface area contributed by atoms with Crippen molar-refractivity contribution >= 4 is 5.69 Å². The van der Waals surface area contributed by atoms with Crippen LogP contribution in [0.15, 0.2) is 48.5 Å². The molecular weight excluding hydrogens is 450 g/mol. The second-order valence-corrected chi connectivity index (χ2v) is 8.42. The average molecular weight is 480 g/mol. The van der Waals surface area contributed by atoms with Gasteiger partial charge in [0.25, 0.3) is 0 Å². The van der Waals surface area contributed by atoms with E-state index in [2.05, 4.69) is 12.2 Å². The molecule has 0 radical (unpaired) electrons. The van der Waals surface area contributed by atoms with Gasteiger partial charge in [0.15, 0.2) is 29.2 Å². The minimum Gasteiger partial charge on any atom is -0.495 e.